The SMILES string of the molecule is CC(C)(O)CSCC(=O)[O-]. The zero-order valence-electron chi connectivity index (χ0n) is 6.09. The van der Waals surface area contributed by atoms with E-state index >= 15 is 0 Å². The summed E-state index contributed by atoms with van der Waals surface area (Å²) in [6.45, 7) is 3.27. The van der Waals surface area contributed by atoms with Crippen LogP contribution in [0.3, 0.4) is 0 Å². The van der Waals surface area contributed by atoms with Gasteiger partial charge in [0.05, 0.1) is 11.6 Å². The Morgan fingerprint density at radius 3 is 2.50 bits per heavy atom. The second-order valence-corrected chi connectivity index (χ2v) is 3.66. The molecule has 0 rings (SSSR count). The molecule has 0 saturated heterocycles. The van der Waals surface area contributed by atoms with Crippen LogP contribution in [0, 0.1) is 0 Å². The molecule has 0 aliphatic heterocycles. The van der Waals surface area contributed by atoms with Crippen molar-refractivity contribution in [3.8, 4) is 0 Å². The zero-order chi connectivity index (χ0) is 8.20. The van der Waals surface area contributed by atoms with E-state index in [1.54, 1.807) is 13.8 Å². The first-order chi connectivity index (χ1) is 4.42. The molecule has 0 fully saturated rings. The van der Waals surface area contributed by atoms with Gasteiger partial charge in [-0.05, 0) is 13.8 Å². The van der Waals surface area contributed by atoms with E-state index in [9.17, 15) is 9.90 Å². The highest BCUT2D eigenvalue weighted by Gasteiger charge is 2.11. The number of thioether (sulfide) groups is 1. The van der Waals surface area contributed by atoms with Crippen molar-refractivity contribution < 1.29 is 15.0 Å². The lowest BCUT2D eigenvalue weighted by molar-refractivity contribution is -0.301. The van der Waals surface area contributed by atoms with Gasteiger partial charge in [-0.2, -0.15) is 11.8 Å². The smallest absolute Gasteiger partial charge is 0.0681 e. The van der Waals surface area contributed by atoms with Crippen LogP contribution in [0.2, 0.25) is 0 Å². The van der Waals surface area contributed by atoms with E-state index < -0.39 is 11.6 Å². The monoisotopic (exact) mass is 163 g/mol. The van der Waals surface area contributed by atoms with Gasteiger partial charge in [0.25, 0.3) is 0 Å². The maximum atomic E-state index is 9.87. The predicted molar refractivity (Wildman–Crippen MR) is 38.6 cm³/mol. The zero-order valence-corrected chi connectivity index (χ0v) is 6.90. The van der Waals surface area contributed by atoms with Crippen LogP contribution in [-0.4, -0.2) is 28.2 Å². The maximum Gasteiger partial charge on any atom is 0.0681 e. The highest BCUT2D eigenvalue weighted by molar-refractivity contribution is 7.99. The van der Waals surface area contributed by atoms with Gasteiger partial charge in [0.15, 0.2) is 0 Å². The fourth-order valence-electron chi connectivity index (χ4n) is 0.384. The Balaban J connectivity index is 3.29. The Kier molecular flexibility index (Phi) is 3.75. The first kappa shape index (κ1) is 9.78. The molecule has 0 unspecified atom stereocenters. The standard InChI is InChI=1S/C6H12O3S/c1-6(2,9)4-10-3-5(7)8/h9H,3-4H2,1-2H3,(H,7,8)/p-1. The minimum Gasteiger partial charge on any atom is -0.549 e. The van der Waals surface area contributed by atoms with Crippen LogP contribution in [0.4, 0.5) is 0 Å². The van der Waals surface area contributed by atoms with Crippen LogP contribution in [0.5, 0.6) is 0 Å². The molecule has 0 spiro atoms. The van der Waals surface area contributed by atoms with Crippen LogP contribution in [0.25, 0.3) is 0 Å². The number of hydrogen-bond donors (Lipinski definition) is 1. The van der Waals surface area contributed by atoms with E-state index in [1.807, 2.05) is 0 Å². The number of aliphatic hydroxyl groups is 1. The van der Waals surface area contributed by atoms with Crippen molar-refractivity contribution in [2.45, 2.75) is 19.4 Å². The molecule has 0 aromatic rings. The Morgan fingerprint density at radius 1 is 1.70 bits per heavy atom. The molecule has 0 atom stereocenters. The number of hydrogen-bond acceptors (Lipinski definition) is 4. The topological polar surface area (TPSA) is 60.4 Å². The second kappa shape index (κ2) is 3.83. The van der Waals surface area contributed by atoms with E-state index in [2.05, 4.69) is 0 Å². The summed E-state index contributed by atoms with van der Waals surface area (Å²) in [6, 6.07) is 0. The van der Waals surface area contributed by atoms with E-state index in [1.165, 1.54) is 0 Å². The van der Waals surface area contributed by atoms with Crippen molar-refractivity contribution >= 4 is 17.7 Å². The fourth-order valence-corrected chi connectivity index (χ4v) is 1.15. The average molecular weight is 163 g/mol. The number of rotatable bonds is 4. The van der Waals surface area contributed by atoms with Gasteiger partial charge < -0.3 is 15.0 Å². The van der Waals surface area contributed by atoms with Crippen molar-refractivity contribution in [3.05, 3.63) is 0 Å². The summed E-state index contributed by atoms with van der Waals surface area (Å²) in [5.41, 5.74) is -0.792. The molecule has 0 amide bonds. The number of carboxylic acid groups (broad SMARTS) is 1. The van der Waals surface area contributed by atoms with Crippen LogP contribution in [-0.2, 0) is 4.79 Å². The Labute approximate surface area is 64.4 Å². The summed E-state index contributed by atoms with van der Waals surface area (Å²) in [7, 11) is 0. The molecule has 0 bridgehead atoms. The number of carbonyl (C=O) groups excluding carboxylic acids is 1. The Hall–Kier alpha value is -0.220. The maximum absolute atomic E-state index is 9.87. The normalized spacial score (nSPS) is 11.5. The molecule has 10 heavy (non-hydrogen) atoms. The van der Waals surface area contributed by atoms with Crippen LogP contribution < -0.4 is 5.11 Å². The third kappa shape index (κ3) is 7.78. The molecule has 0 saturated carbocycles. The molecule has 1 N–H and O–H groups in total. The lowest BCUT2D eigenvalue weighted by atomic mass is 10.2. The van der Waals surface area contributed by atoms with Crippen molar-refractivity contribution in [2.75, 3.05) is 11.5 Å². The predicted octanol–water partition coefficient (Wildman–Crippen LogP) is -0.760. The van der Waals surface area contributed by atoms with Gasteiger partial charge in [0.1, 0.15) is 0 Å². The van der Waals surface area contributed by atoms with E-state index in [4.69, 9.17) is 5.11 Å². The molecule has 4 heteroatoms. The van der Waals surface area contributed by atoms with Crippen molar-refractivity contribution in [1.29, 1.82) is 0 Å². The van der Waals surface area contributed by atoms with Gasteiger partial charge in [-0.15, -0.1) is 0 Å². The quantitative estimate of drug-likeness (QED) is 0.592. The average Bonchev–Trinajstić information content (AvgIpc) is 1.59. The Morgan fingerprint density at radius 2 is 2.20 bits per heavy atom. The highest BCUT2D eigenvalue weighted by atomic mass is 32.2. The molecule has 0 aliphatic carbocycles. The number of carboxylic acids is 1. The summed E-state index contributed by atoms with van der Waals surface area (Å²) in [5, 5.41) is 19.0. The largest absolute Gasteiger partial charge is 0.549 e. The van der Waals surface area contributed by atoms with Gasteiger partial charge in [-0.3, -0.25) is 0 Å². The van der Waals surface area contributed by atoms with E-state index in [0.717, 1.165) is 11.8 Å². The fraction of sp³-hybridized carbons (Fsp3) is 0.833. The van der Waals surface area contributed by atoms with Gasteiger partial charge >= 0.3 is 0 Å². The number of carbonyl (C=O) groups is 1. The third-order valence-corrected chi connectivity index (χ3v) is 2.03. The van der Waals surface area contributed by atoms with Gasteiger partial charge in [0.2, 0.25) is 0 Å². The van der Waals surface area contributed by atoms with Crippen molar-refractivity contribution in [3.63, 3.8) is 0 Å². The molecule has 0 aliphatic rings. The lowest BCUT2D eigenvalue weighted by Gasteiger charge is -2.15. The molecule has 3 nitrogen and oxygen atoms in total. The number of aliphatic carboxylic acids is 1. The Bertz CT molecular complexity index is 117. The van der Waals surface area contributed by atoms with Crippen molar-refractivity contribution in [1.82, 2.24) is 0 Å². The second-order valence-electron chi connectivity index (χ2n) is 2.68. The summed E-state index contributed by atoms with van der Waals surface area (Å²) in [5.74, 6) is -0.723. The summed E-state index contributed by atoms with van der Waals surface area (Å²) in [4.78, 5) is 9.87. The van der Waals surface area contributed by atoms with Gasteiger partial charge in [-0.25, -0.2) is 0 Å². The molecule has 0 aromatic heterocycles. The minimum absolute atomic E-state index is 0.0516. The molecule has 60 valence electrons. The van der Waals surface area contributed by atoms with Gasteiger partial charge in [0, 0.05) is 11.5 Å². The first-order valence-electron chi connectivity index (χ1n) is 2.92. The van der Waals surface area contributed by atoms with Gasteiger partial charge in [-0.1, -0.05) is 0 Å². The summed E-state index contributed by atoms with van der Waals surface area (Å²) in [6.07, 6.45) is 0. The van der Waals surface area contributed by atoms with E-state index in [-0.39, 0.29) is 5.75 Å². The third-order valence-electron chi connectivity index (χ3n) is 0.675. The molecular formula is C6H11O3S-. The molecule has 0 radical (unpaired) electrons. The molecular weight excluding hydrogens is 152 g/mol. The van der Waals surface area contributed by atoms with E-state index in [0.29, 0.717) is 5.75 Å². The van der Waals surface area contributed by atoms with Crippen LogP contribution >= 0.6 is 11.8 Å². The van der Waals surface area contributed by atoms with Crippen LogP contribution in [0.15, 0.2) is 0 Å². The highest BCUT2D eigenvalue weighted by Crippen LogP contribution is 2.10. The molecule has 0 heterocycles. The summed E-state index contributed by atoms with van der Waals surface area (Å²) < 4.78 is 0. The van der Waals surface area contributed by atoms with Crippen molar-refractivity contribution in [2.24, 2.45) is 0 Å². The lowest BCUT2D eigenvalue weighted by Crippen LogP contribution is -2.27. The molecule has 0 aromatic carbocycles. The van der Waals surface area contributed by atoms with Crippen LogP contribution in [0.1, 0.15) is 13.8 Å². The summed E-state index contributed by atoms with van der Waals surface area (Å²) >= 11 is 1.16. The minimum atomic E-state index is -1.09. The first-order valence-corrected chi connectivity index (χ1v) is 4.07.